The molecule has 4 nitrogen and oxygen atoms in total. The van der Waals surface area contributed by atoms with Crippen LogP contribution in [0.2, 0.25) is 0 Å². The number of hydrogen-bond acceptors (Lipinski definition) is 4. The number of hydrogen-bond donors (Lipinski definition) is 2. The molecule has 2 N–H and O–H groups in total. The predicted octanol–water partition coefficient (Wildman–Crippen LogP) is 2.83. The van der Waals surface area contributed by atoms with E-state index in [9.17, 15) is 0 Å². The van der Waals surface area contributed by atoms with Crippen molar-refractivity contribution in [3.05, 3.63) is 47.8 Å². The summed E-state index contributed by atoms with van der Waals surface area (Å²) in [6.07, 6.45) is 0. The molecule has 0 amide bonds. The topological polar surface area (TPSA) is 49.8 Å². The van der Waals surface area contributed by atoms with Crippen LogP contribution < -0.4 is 10.6 Å². The van der Waals surface area contributed by atoms with Crippen molar-refractivity contribution in [3.63, 3.8) is 0 Å². The Morgan fingerprint density at radius 2 is 1.67 bits per heavy atom. The molecule has 0 aliphatic rings. The number of anilines is 2. The summed E-state index contributed by atoms with van der Waals surface area (Å²) in [5.41, 5.74) is 1.23. The van der Waals surface area contributed by atoms with Crippen LogP contribution in [0.25, 0.3) is 0 Å². The average Bonchev–Trinajstić information content (AvgIpc) is 2.37. The second kappa shape index (κ2) is 6.00. The van der Waals surface area contributed by atoms with Crippen molar-refractivity contribution in [1.82, 2.24) is 9.97 Å². The Morgan fingerprint density at radius 1 is 1.00 bits per heavy atom. The molecule has 0 bridgehead atoms. The van der Waals surface area contributed by atoms with Crippen LogP contribution in [0.15, 0.2) is 36.4 Å². The molecule has 0 fully saturated rings. The van der Waals surface area contributed by atoms with Gasteiger partial charge < -0.3 is 10.6 Å². The van der Waals surface area contributed by atoms with Gasteiger partial charge in [0.2, 0.25) is 0 Å². The Bertz CT molecular complexity index is 496. The van der Waals surface area contributed by atoms with Crippen molar-refractivity contribution in [1.29, 1.82) is 0 Å². The molecule has 2 aromatic rings. The quantitative estimate of drug-likeness (QED) is 0.846. The smallest absolute Gasteiger partial charge is 0.132 e. The molecule has 0 saturated carbocycles. The highest BCUT2D eigenvalue weighted by Gasteiger charge is 2.00. The van der Waals surface area contributed by atoms with E-state index in [0.717, 1.165) is 30.5 Å². The van der Waals surface area contributed by atoms with E-state index in [1.54, 1.807) is 0 Å². The predicted molar refractivity (Wildman–Crippen MR) is 74.7 cm³/mol. The fourth-order valence-electron chi connectivity index (χ4n) is 1.72. The van der Waals surface area contributed by atoms with E-state index >= 15 is 0 Å². The summed E-state index contributed by atoms with van der Waals surface area (Å²) in [6, 6.07) is 12.2. The van der Waals surface area contributed by atoms with E-state index in [0.29, 0.717) is 0 Å². The molecule has 0 spiro atoms. The third-order valence-corrected chi connectivity index (χ3v) is 2.51. The van der Waals surface area contributed by atoms with Gasteiger partial charge in [-0.25, -0.2) is 9.97 Å². The van der Waals surface area contributed by atoms with Crippen LogP contribution in [0.4, 0.5) is 11.6 Å². The van der Waals surface area contributed by atoms with Gasteiger partial charge in [-0.15, -0.1) is 0 Å². The van der Waals surface area contributed by atoms with E-state index in [1.165, 1.54) is 5.56 Å². The highest BCUT2D eigenvalue weighted by molar-refractivity contribution is 5.47. The highest BCUT2D eigenvalue weighted by Crippen LogP contribution is 2.12. The van der Waals surface area contributed by atoms with Crippen LogP contribution in [0, 0.1) is 6.92 Å². The molecule has 0 saturated heterocycles. The minimum Gasteiger partial charge on any atom is -0.370 e. The second-order valence-electron chi connectivity index (χ2n) is 4.06. The third kappa shape index (κ3) is 3.45. The maximum Gasteiger partial charge on any atom is 0.132 e. The van der Waals surface area contributed by atoms with E-state index in [1.807, 2.05) is 31.2 Å². The fourth-order valence-corrected chi connectivity index (χ4v) is 1.72. The molecule has 1 aromatic carbocycles. The zero-order chi connectivity index (χ0) is 12.8. The van der Waals surface area contributed by atoms with Crippen LogP contribution in [-0.2, 0) is 6.54 Å². The summed E-state index contributed by atoms with van der Waals surface area (Å²) >= 11 is 0. The molecule has 4 heteroatoms. The summed E-state index contributed by atoms with van der Waals surface area (Å²) in [7, 11) is 0. The molecule has 0 aliphatic heterocycles. The lowest BCUT2D eigenvalue weighted by Gasteiger charge is -2.09. The summed E-state index contributed by atoms with van der Waals surface area (Å²) in [4.78, 5) is 8.69. The van der Waals surface area contributed by atoms with Crippen LogP contribution in [-0.4, -0.2) is 16.5 Å². The molecule has 94 valence electrons. The summed E-state index contributed by atoms with van der Waals surface area (Å²) < 4.78 is 0. The van der Waals surface area contributed by atoms with Gasteiger partial charge in [0.05, 0.1) is 0 Å². The molecule has 0 aliphatic carbocycles. The van der Waals surface area contributed by atoms with Crippen molar-refractivity contribution >= 4 is 11.6 Å². The Kier molecular flexibility index (Phi) is 4.12. The standard InChI is InChI=1S/C14H18N4/c1-3-15-13-9-14(18-11(2)17-13)16-10-12-7-5-4-6-8-12/h4-9H,3,10H2,1-2H3,(H2,15,16,17,18). The summed E-state index contributed by atoms with van der Waals surface area (Å²) in [5.74, 6) is 2.48. The van der Waals surface area contributed by atoms with Gasteiger partial charge in [0.25, 0.3) is 0 Å². The second-order valence-corrected chi connectivity index (χ2v) is 4.06. The summed E-state index contributed by atoms with van der Waals surface area (Å²) in [6.45, 7) is 5.57. The van der Waals surface area contributed by atoms with Gasteiger partial charge in [-0.2, -0.15) is 0 Å². The average molecular weight is 242 g/mol. The van der Waals surface area contributed by atoms with E-state index < -0.39 is 0 Å². The van der Waals surface area contributed by atoms with Gasteiger partial charge in [0.15, 0.2) is 0 Å². The van der Waals surface area contributed by atoms with Gasteiger partial charge >= 0.3 is 0 Å². The Labute approximate surface area is 107 Å². The minimum atomic E-state index is 0.767. The maximum absolute atomic E-state index is 4.37. The number of aryl methyl sites for hydroxylation is 1. The lowest BCUT2D eigenvalue weighted by atomic mass is 10.2. The van der Waals surface area contributed by atoms with Crippen molar-refractivity contribution in [3.8, 4) is 0 Å². The Balaban J connectivity index is 2.05. The molecule has 2 rings (SSSR count). The fraction of sp³-hybridized carbons (Fsp3) is 0.286. The van der Waals surface area contributed by atoms with Gasteiger partial charge in [-0.05, 0) is 19.4 Å². The van der Waals surface area contributed by atoms with E-state index in [-0.39, 0.29) is 0 Å². The van der Waals surface area contributed by atoms with Gasteiger partial charge in [-0.3, -0.25) is 0 Å². The molecular formula is C14H18N4. The minimum absolute atomic E-state index is 0.767. The summed E-state index contributed by atoms with van der Waals surface area (Å²) in [5, 5.41) is 6.51. The first-order valence-electron chi connectivity index (χ1n) is 6.15. The lowest BCUT2D eigenvalue weighted by Crippen LogP contribution is -2.06. The van der Waals surface area contributed by atoms with Gasteiger partial charge in [-0.1, -0.05) is 30.3 Å². The van der Waals surface area contributed by atoms with Crippen LogP contribution >= 0.6 is 0 Å². The van der Waals surface area contributed by atoms with Crippen LogP contribution in [0.5, 0.6) is 0 Å². The SMILES string of the molecule is CCNc1cc(NCc2ccccc2)nc(C)n1. The molecule has 18 heavy (non-hydrogen) atoms. The highest BCUT2D eigenvalue weighted by atomic mass is 15.1. The number of nitrogens with zero attached hydrogens (tertiary/aromatic N) is 2. The number of benzene rings is 1. The first-order valence-corrected chi connectivity index (χ1v) is 6.15. The molecule has 0 radical (unpaired) electrons. The van der Waals surface area contributed by atoms with Crippen molar-refractivity contribution in [2.75, 3.05) is 17.2 Å². The van der Waals surface area contributed by atoms with Gasteiger partial charge in [0, 0.05) is 19.2 Å². The first-order chi connectivity index (χ1) is 8.78. The van der Waals surface area contributed by atoms with Crippen LogP contribution in [0.1, 0.15) is 18.3 Å². The molecule has 0 atom stereocenters. The molecule has 1 aromatic heterocycles. The molecule has 0 unspecified atom stereocenters. The number of rotatable bonds is 5. The lowest BCUT2D eigenvalue weighted by molar-refractivity contribution is 1.01. The largest absolute Gasteiger partial charge is 0.370 e. The molecular weight excluding hydrogens is 224 g/mol. The van der Waals surface area contributed by atoms with Crippen molar-refractivity contribution < 1.29 is 0 Å². The monoisotopic (exact) mass is 242 g/mol. The Morgan fingerprint density at radius 3 is 2.33 bits per heavy atom. The van der Waals surface area contributed by atoms with Gasteiger partial charge in [0.1, 0.15) is 17.5 Å². The van der Waals surface area contributed by atoms with Crippen LogP contribution in [0.3, 0.4) is 0 Å². The van der Waals surface area contributed by atoms with Crippen molar-refractivity contribution in [2.45, 2.75) is 20.4 Å². The van der Waals surface area contributed by atoms with E-state index in [4.69, 9.17) is 0 Å². The Hall–Kier alpha value is -2.10. The zero-order valence-electron chi connectivity index (χ0n) is 10.8. The van der Waals surface area contributed by atoms with E-state index in [2.05, 4.69) is 39.7 Å². The zero-order valence-corrected chi connectivity index (χ0v) is 10.8. The maximum atomic E-state index is 4.37. The normalized spacial score (nSPS) is 10.1. The number of aromatic nitrogens is 2. The third-order valence-electron chi connectivity index (χ3n) is 2.51. The van der Waals surface area contributed by atoms with Crippen molar-refractivity contribution in [2.24, 2.45) is 0 Å². The number of nitrogens with one attached hydrogen (secondary N) is 2. The first kappa shape index (κ1) is 12.4. The molecule has 1 heterocycles.